The van der Waals surface area contributed by atoms with Gasteiger partial charge in [-0.2, -0.15) is 0 Å². The van der Waals surface area contributed by atoms with Crippen LogP contribution in [0.15, 0.2) is 29.3 Å². The summed E-state index contributed by atoms with van der Waals surface area (Å²) in [6, 6.07) is 8.96. The molecule has 0 unspecified atom stereocenters. The molecule has 1 aromatic carbocycles. The maximum Gasteiger partial charge on any atom is 0.208 e. The summed E-state index contributed by atoms with van der Waals surface area (Å²) in [5, 5.41) is 6.72. The van der Waals surface area contributed by atoms with Gasteiger partial charge in [0, 0.05) is 38.8 Å². The number of rotatable bonds is 8. The topological polar surface area (TPSA) is 85.8 Å². The Kier molecular flexibility index (Phi) is 11.3. The molecular weight excluding hydrogens is 489 g/mol. The zero-order valence-electron chi connectivity index (χ0n) is 17.1. The summed E-state index contributed by atoms with van der Waals surface area (Å²) in [6.45, 7) is 8.81. The van der Waals surface area contributed by atoms with Gasteiger partial charge < -0.3 is 10.6 Å². The Morgan fingerprint density at radius 1 is 1.25 bits per heavy atom. The number of hydrogen-bond donors (Lipinski definition) is 3. The van der Waals surface area contributed by atoms with Gasteiger partial charge in [0.05, 0.1) is 12.8 Å². The SMILES string of the molecule is CCNC(=NCCNS(C)(=O)=O)NC1CCN(Cc2ccccc2C)CC1.I. The van der Waals surface area contributed by atoms with E-state index in [1.165, 1.54) is 11.1 Å². The van der Waals surface area contributed by atoms with Gasteiger partial charge in [0.2, 0.25) is 10.0 Å². The Morgan fingerprint density at radius 3 is 2.54 bits per heavy atom. The molecule has 3 N–H and O–H groups in total. The van der Waals surface area contributed by atoms with Crippen molar-refractivity contribution in [1.82, 2.24) is 20.3 Å². The molecule has 0 radical (unpaired) electrons. The summed E-state index contributed by atoms with van der Waals surface area (Å²) in [5.41, 5.74) is 2.75. The van der Waals surface area contributed by atoms with Gasteiger partial charge in [-0.25, -0.2) is 13.1 Å². The molecule has 7 nitrogen and oxygen atoms in total. The number of nitrogens with one attached hydrogen (secondary N) is 3. The van der Waals surface area contributed by atoms with Crippen LogP contribution in [0.1, 0.15) is 30.9 Å². The van der Waals surface area contributed by atoms with E-state index in [1.54, 1.807) is 0 Å². The smallest absolute Gasteiger partial charge is 0.208 e. The normalized spacial score (nSPS) is 16.5. The second-order valence-corrected chi connectivity index (χ2v) is 8.88. The highest BCUT2D eigenvalue weighted by atomic mass is 127. The van der Waals surface area contributed by atoms with Crippen LogP contribution in [0.5, 0.6) is 0 Å². The molecule has 1 heterocycles. The van der Waals surface area contributed by atoms with Crippen LogP contribution in [0.2, 0.25) is 0 Å². The van der Waals surface area contributed by atoms with Crippen LogP contribution in [-0.2, 0) is 16.6 Å². The Bertz CT molecular complexity index is 719. The maximum atomic E-state index is 11.1. The zero-order valence-corrected chi connectivity index (χ0v) is 20.2. The number of hydrogen-bond acceptors (Lipinski definition) is 4. The fourth-order valence-electron chi connectivity index (χ4n) is 3.18. The van der Waals surface area contributed by atoms with Gasteiger partial charge >= 0.3 is 0 Å². The number of aliphatic imine (C=N–C) groups is 1. The third-order valence-corrected chi connectivity index (χ3v) is 5.40. The van der Waals surface area contributed by atoms with E-state index in [0.29, 0.717) is 19.1 Å². The average Bonchev–Trinajstić information content (AvgIpc) is 2.61. The molecule has 28 heavy (non-hydrogen) atoms. The predicted octanol–water partition coefficient (Wildman–Crippen LogP) is 1.68. The van der Waals surface area contributed by atoms with E-state index in [4.69, 9.17) is 0 Å². The van der Waals surface area contributed by atoms with Crippen LogP contribution in [0.4, 0.5) is 0 Å². The van der Waals surface area contributed by atoms with E-state index in [1.807, 2.05) is 6.92 Å². The molecule has 1 fully saturated rings. The first kappa shape index (κ1) is 25.1. The first-order valence-electron chi connectivity index (χ1n) is 9.63. The van der Waals surface area contributed by atoms with Crippen LogP contribution < -0.4 is 15.4 Å². The second kappa shape index (κ2) is 12.6. The molecule has 9 heteroatoms. The van der Waals surface area contributed by atoms with Crippen molar-refractivity contribution in [3.05, 3.63) is 35.4 Å². The highest BCUT2D eigenvalue weighted by Gasteiger charge is 2.20. The fraction of sp³-hybridized carbons (Fsp3) is 0.632. The van der Waals surface area contributed by atoms with Crippen molar-refractivity contribution in [2.75, 3.05) is 39.0 Å². The van der Waals surface area contributed by atoms with Crippen molar-refractivity contribution in [1.29, 1.82) is 0 Å². The number of nitrogens with zero attached hydrogens (tertiary/aromatic N) is 2. The van der Waals surface area contributed by atoms with E-state index in [0.717, 1.165) is 51.2 Å². The van der Waals surface area contributed by atoms with Gasteiger partial charge in [-0.05, 0) is 37.8 Å². The lowest BCUT2D eigenvalue weighted by molar-refractivity contribution is 0.198. The number of likely N-dealkylation sites (tertiary alicyclic amines) is 1. The summed E-state index contributed by atoms with van der Waals surface area (Å²) in [7, 11) is -3.16. The number of aryl methyl sites for hydroxylation is 1. The molecule has 1 saturated heterocycles. The van der Waals surface area contributed by atoms with Crippen molar-refractivity contribution in [2.24, 2.45) is 4.99 Å². The minimum absolute atomic E-state index is 0. The van der Waals surface area contributed by atoms with Gasteiger partial charge in [0.1, 0.15) is 0 Å². The van der Waals surface area contributed by atoms with Crippen LogP contribution in [0, 0.1) is 6.92 Å². The number of sulfonamides is 1. The largest absolute Gasteiger partial charge is 0.357 e. The van der Waals surface area contributed by atoms with Gasteiger partial charge in [0.25, 0.3) is 0 Å². The van der Waals surface area contributed by atoms with Crippen LogP contribution in [0.3, 0.4) is 0 Å². The average molecular weight is 523 g/mol. The molecule has 0 spiro atoms. The molecule has 1 aromatic rings. The van der Waals surface area contributed by atoms with Gasteiger partial charge in [-0.15, -0.1) is 24.0 Å². The summed E-state index contributed by atoms with van der Waals surface area (Å²) >= 11 is 0. The van der Waals surface area contributed by atoms with Gasteiger partial charge in [-0.1, -0.05) is 24.3 Å². The number of halogens is 1. The molecule has 0 atom stereocenters. The summed E-state index contributed by atoms with van der Waals surface area (Å²) in [5.74, 6) is 0.755. The highest BCUT2D eigenvalue weighted by molar-refractivity contribution is 14.0. The van der Waals surface area contributed by atoms with Crippen molar-refractivity contribution >= 4 is 40.0 Å². The van der Waals surface area contributed by atoms with E-state index >= 15 is 0 Å². The van der Waals surface area contributed by atoms with E-state index < -0.39 is 10.0 Å². The first-order valence-corrected chi connectivity index (χ1v) is 11.5. The Hall–Kier alpha value is -0.910. The van der Waals surface area contributed by atoms with Crippen molar-refractivity contribution in [3.8, 4) is 0 Å². The van der Waals surface area contributed by atoms with Crippen molar-refractivity contribution in [3.63, 3.8) is 0 Å². The lowest BCUT2D eigenvalue weighted by Gasteiger charge is -2.33. The monoisotopic (exact) mass is 523 g/mol. The standard InChI is InChI=1S/C19H33N5O2S.HI/c1-4-20-19(21-11-12-22-27(3,25)26)23-18-9-13-24(14-10-18)15-17-8-6-5-7-16(17)2;/h5-8,18,22H,4,9-15H2,1-3H3,(H2,20,21,23);1H. The summed E-state index contributed by atoms with van der Waals surface area (Å²) in [6.07, 6.45) is 3.29. The Balaban J connectivity index is 0.00000392. The maximum absolute atomic E-state index is 11.1. The van der Waals surface area contributed by atoms with Crippen LogP contribution in [-0.4, -0.2) is 64.3 Å². The Labute approximate surface area is 186 Å². The molecule has 1 aliphatic heterocycles. The van der Waals surface area contributed by atoms with Crippen molar-refractivity contribution < 1.29 is 8.42 Å². The summed E-state index contributed by atoms with van der Waals surface area (Å²) < 4.78 is 24.7. The second-order valence-electron chi connectivity index (χ2n) is 7.05. The number of guanidine groups is 1. The minimum Gasteiger partial charge on any atom is -0.357 e. The number of piperidine rings is 1. The summed E-state index contributed by atoms with van der Waals surface area (Å²) in [4.78, 5) is 6.96. The third kappa shape index (κ3) is 9.53. The van der Waals surface area contributed by atoms with Crippen LogP contribution in [0.25, 0.3) is 0 Å². The number of benzene rings is 1. The van der Waals surface area contributed by atoms with Crippen molar-refractivity contribution in [2.45, 2.75) is 39.3 Å². The molecule has 2 rings (SSSR count). The van der Waals surface area contributed by atoms with E-state index in [-0.39, 0.29) is 24.0 Å². The molecule has 0 amide bonds. The Morgan fingerprint density at radius 2 is 1.93 bits per heavy atom. The molecule has 160 valence electrons. The minimum atomic E-state index is -3.16. The first-order chi connectivity index (χ1) is 12.9. The van der Waals surface area contributed by atoms with Crippen LogP contribution >= 0.6 is 24.0 Å². The van der Waals surface area contributed by atoms with Gasteiger partial charge in [-0.3, -0.25) is 9.89 Å². The molecule has 1 aliphatic rings. The highest BCUT2D eigenvalue weighted by Crippen LogP contribution is 2.16. The molecular formula is C19H34IN5O2S. The lowest BCUT2D eigenvalue weighted by atomic mass is 10.0. The van der Waals surface area contributed by atoms with Gasteiger partial charge in [0.15, 0.2) is 5.96 Å². The molecule has 0 aliphatic carbocycles. The predicted molar refractivity (Wildman–Crippen MR) is 127 cm³/mol. The fourth-order valence-corrected chi connectivity index (χ4v) is 3.64. The van der Waals surface area contributed by atoms with E-state index in [9.17, 15) is 8.42 Å². The third-order valence-electron chi connectivity index (χ3n) is 4.67. The van der Waals surface area contributed by atoms with E-state index in [2.05, 4.69) is 56.4 Å². The lowest BCUT2D eigenvalue weighted by Crippen LogP contribution is -2.48. The molecule has 0 bridgehead atoms. The zero-order chi connectivity index (χ0) is 19.7. The molecule has 0 aromatic heterocycles. The quantitative estimate of drug-likeness (QED) is 0.209. The molecule has 0 saturated carbocycles.